The van der Waals surface area contributed by atoms with Crippen LogP contribution in [0.25, 0.3) is 10.6 Å². The Morgan fingerprint density at radius 2 is 1.88 bits per heavy atom. The Morgan fingerprint density at radius 1 is 1.04 bits per heavy atom. The Kier molecular flexibility index (Phi) is 4.89. The van der Waals surface area contributed by atoms with Gasteiger partial charge in [-0.05, 0) is 72.0 Å². The van der Waals surface area contributed by atoms with Gasteiger partial charge in [0.05, 0.1) is 15.5 Å². The van der Waals surface area contributed by atoms with Crippen molar-refractivity contribution in [2.75, 3.05) is 0 Å². The molecule has 0 aliphatic heterocycles. The normalized spacial score (nSPS) is 14.2. The van der Waals surface area contributed by atoms with Gasteiger partial charge in [-0.1, -0.05) is 18.2 Å². The highest BCUT2D eigenvalue weighted by Gasteiger charge is 2.18. The fourth-order valence-electron chi connectivity index (χ4n) is 3.35. The second-order valence-electron chi connectivity index (χ2n) is 6.45. The van der Waals surface area contributed by atoms with Gasteiger partial charge in [-0.15, -0.1) is 11.3 Å². The number of nitrogens with zero attached hydrogens (tertiary/aromatic N) is 1. The van der Waals surface area contributed by atoms with Gasteiger partial charge in [0.1, 0.15) is 0 Å². The molecule has 4 nitrogen and oxygen atoms in total. The second-order valence-corrected chi connectivity index (χ2v) is 9.17. The SMILES string of the molecule is O=S(=O)(NCc1cccnc1-c1cccs1)c1ccc2c(c1)CCCC2. The van der Waals surface area contributed by atoms with Gasteiger partial charge < -0.3 is 0 Å². The smallest absolute Gasteiger partial charge is 0.240 e. The third-order valence-electron chi connectivity index (χ3n) is 4.73. The maximum atomic E-state index is 12.8. The van der Waals surface area contributed by atoms with Gasteiger partial charge in [-0.25, -0.2) is 13.1 Å². The summed E-state index contributed by atoms with van der Waals surface area (Å²) in [5, 5.41) is 1.99. The number of nitrogens with one attached hydrogen (secondary N) is 1. The Labute approximate surface area is 158 Å². The highest BCUT2D eigenvalue weighted by molar-refractivity contribution is 7.89. The molecule has 0 bridgehead atoms. The van der Waals surface area contributed by atoms with Crippen molar-refractivity contribution in [3.63, 3.8) is 0 Å². The van der Waals surface area contributed by atoms with Gasteiger partial charge in [0, 0.05) is 12.7 Å². The summed E-state index contributed by atoms with van der Waals surface area (Å²) in [6, 6.07) is 13.2. The van der Waals surface area contributed by atoms with Gasteiger partial charge in [0.15, 0.2) is 0 Å². The number of fused-ring (bicyclic) bond motifs is 1. The van der Waals surface area contributed by atoms with Crippen LogP contribution in [-0.4, -0.2) is 13.4 Å². The molecule has 0 fully saturated rings. The summed E-state index contributed by atoms with van der Waals surface area (Å²) in [6.45, 7) is 0.223. The van der Waals surface area contributed by atoms with E-state index in [2.05, 4.69) is 9.71 Å². The maximum absolute atomic E-state index is 12.8. The van der Waals surface area contributed by atoms with E-state index in [-0.39, 0.29) is 6.54 Å². The monoisotopic (exact) mass is 384 g/mol. The highest BCUT2D eigenvalue weighted by Crippen LogP contribution is 2.27. The minimum atomic E-state index is -3.55. The van der Waals surface area contributed by atoms with Crippen LogP contribution in [0.4, 0.5) is 0 Å². The largest absolute Gasteiger partial charge is 0.255 e. The molecule has 1 N–H and O–H groups in total. The molecule has 0 unspecified atom stereocenters. The third kappa shape index (κ3) is 3.58. The van der Waals surface area contributed by atoms with E-state index in [1.165, 1.54) is 17.5 Å². The Morgan fingerprint density at radius 3 is 2.69 bits per heavy atom. The summed E-state index contributed by atoms with van der Waals surface area (Å²) in [5.74, 6) is 0. The van der Waals surface area contributed by atoms with Crippen LogP contribution >= 0.6 is 11.3 Å². The molecule has 2 aromatic heterocycles. The summed E-state index contributed by atoms with van der Waals surface area (Å²) in [5.41, 5.74) is 4.15. The molecule has 6 heteroatoms. The number of benzene rings is 1. The van der Waals surface area contributed by atoms with Crippen LogP contribution in [0.5, 0.6) is 0 Å². The number of hydrogen-bond acceptors (Lipinski definition) is 4. The summed E-state index contributed by atoms with van der Waals surface area (Å²) < 4.78 is 28.3. The molecule has 0 saturated carbocycles. The van der Waals surface area contributed by atoms with Crippen molar-refractivity contribution in [3.05, 3.63) is 70.7 Å². The van der Waals surface area contributed by atoms with Gasteiger partial charge in [0.2, 0.25) is 10.0 Å². The molecule has 134 valence electrons. The number of aromatic nitrogens is 1. The van der Waals surface area contributed by atoms with E-state index in [0.29, 0.717) is 4.90 Å². The van der Waals surface area contributed by atoms with E-state index in [9.17, 15) is 8.42 Å². The van der Waals surface area contributed by atoms with E-state index in [0.717, 1.165) is 35.4 Å². The average Bonchev–Trinajstić information content (AvgIpc) is 3.21. The topological polar surface area (TPSA) is 59.1 Å². The molecule has 0 atom stereocenters. The third-order valence-corrected chi connectivity index (χ3v) is 7.00. The van der Waals surface area contributed by atoms with Crippen molar-refractivity contribution in [2.24, 2.45) is 0 Å². The quantitative estimate of drug-likeness (QED) is 0.718. The molecular formula is C20H20N2O2S2. The number of sulfonamides is 1. The lowest BCUT2D eigenvalue weighted by Gasteiger charge is -2.17. The first-order valence-corrected chi connectivity index (χ1v) is 11.1. The number of aryl methyl sites for hydroxylation is 2. The molecule has 1 aliphatic carbocycles. The lowest BCUT2D eigenvalue weighted by Crippen LogP contribution is -2.24. The first-order chi connectivity index (χ1) is 12.6. The zero-order chi connectivity index (χ0) is 18.0. The van der Waals surface area contributed by atoms with Crippen LogP contribution in [0.3, 0.4) is 0 Å². The van der Waals surface area contributed by atoms with E-state index >= 15 is 0 Å². The summed E-state index contributed by atoms with van der Waals surface area (Å²) >= 11 is 1.60. The number of pyridine rings is 1. The lowest BCUT2D eigenvalue weighted by atomic mass is 9.92. The molecule has 0 spiro atoms. The Balaban J connectivity index is 1.56. The van der Waals surface area contributed by atoms with Crippen LogP contribution in [0, 0.1) is 0 Å². The number of thiophene rings is 1. The predicted octanol–water partition coefficient (Wildman–Crippen LogP) is 4.17. The zero-order valence-corrected chi connectivity index (χ0v) is 15.9. The number of hydrogen-bond donors (Lipinski definition) is 1. The minimum absolute atomic E-state index is 0.223. The molecule has 2 heterocycles. The van der Waals surface area contributed by atoms with Crippen molar-refractivity contribution in [3.8, 4) is 10.6 Å². The first-order valence-electron chi connectivity index (χ1n) is 8.73. The van der Waals surface area contributed by atoms with Crippen LogP contribution in [0.15, 0.2) is 58.9 Å². The van der Waals surface area contributed by atoms with Gasteiger partial charge in [-0.2, -0.15) is 0 Å². The van der Waals surface area contributed by atoms with Gasteiger partial charge >= 0.3 is 0 Å². The Hall–Kier alpha value is -2.02. The van der Waals surface area contributed by atoms with Crippen molar-refractivity contribution in [2.45, 2.75) is 37.1 Å². The second kappa shape index (κ2) is 7.31. The average molecular weight is 385 g/mol. The van der Waals surface area contributed by atoms with Crippen molar-refractivity contribution in [1.29, 1.82) is 0 Å². The van der Waals surface area contributed by atoms with E-state index in [1.807, 2.05) is 41.8 Å². The molecule has 0 saturated heterocycles. The zero-order valence-electron chi connectivity index (χ0n) is 14.3. The standard InChI is InChI=1S/C20H20N2O2S2/c23-26(24,18-10-9-15-5-1-2-6-16(15)13-18)22-14-17-7-3-11-21-20(17)19-8-4-12-25-19/h3-4,7-13,22H,1-2,5-6,14H2. The molecule has 1 aromatic carbocycles. The lowest BCUT2D eigenvalue weighted by molar-refractivity contribution is 0.580. The van der Waals surface area contributed by atoms with Crippen LogP contribution in [0.1, 0.15) is 29.5 Å². The molecule has 3 aromatic rings. The first kappa shape index (κ1) is 17.4. The Bertz CT molecular complexity index is 1010. The molecule has 1 aliphatic rings. The van der Waals surface area contributed by atoms with Gasteiger partial charge in [-0.3, -0.25) is 4.98 Å². The van der Waals surface area contributed by atoms with Crippen molar-refractivity contribution < 1.29 is 8.42 Å². The fourth-order valence-corrected chi connectivity index (χ4v) is 5.16. The van der Waals surface area contributed by atoms with Gasteiger partial charge in [0.25, 0.3) is 0 Å². The molecular weight excluding hydrogens is 364 g/mol. The maximum Gasteiger partial charge on any atom is 0.240 e. The van der Waals surface area contributed by atoms with Crippen LogP contribution in [-0.2, 0) is 29.4 Å². The predicted molar refractivity (Wildman–Crippen MR) is 105 cm³/mol. The molecule has 26 heavy (non-hydrogen) atoms. The van der Waals surface area contributed by atoms with Crippen molar-refractivity contribution in [1.82, 2.24) is 9.71 Å². The fraction of sp³-hybridized carbons (Fsp3) is 0.250. The molecule has 0 radical (unpaired) electrons. The number of rotatable bonds is 5. The van der Waals surface area contributed by atoms with E-state index < -0.39 is 10.0 Å². The van der Waals surface area contributed by atoms with E-state index in [4.69, 9.17) is 0 Å². The molecule has 4 rings (SSSR count). The van der Waals surface area contributed by atoms with Crippen LogP contribution in [0.2, 0.25) is 0 Å². The van der Waals surface area contributed by atoms with Crippen LogP contribution < -0.4 is 4.72 Å². The summed E-state index contributed by atoms with van der Waals surface area (Å²) in [4.78, 5) is 5.81. The molecule has 0 amide bonds. The summed E-state index contributed by atoms with van der Waals surface area (Å²) in [6.07, 6.45) is 6.05. The summed E-state index contributed by atoms with van der Waals surface area (Å²) in [7, 11) is -3.55. The van der Waals surface area contributed by atoms with E-state index in [1.54, 1.807) is 23.6 Å². The van der Waals surface area contributed by atoms with Crippen molar-refractivity contribution >= 4 is 21.4 Å². The minimum Gasteiger partial charge on any atom is -0.255 e. The highest BCUT2D eigenvalue weighted by atomic mass is 32.2.